The normalized spacial score (nSPS) is 15.1. The van der Waals surface area contributed by atoms with Gasteiger partial charge in [-0.2, -0.15) is 0 Å². The first kappa shape index (κ1) is 16.7. The van der Waals surface area contributed by atoms with Gasteiger partial charge < -0.3 is 15.2 Å². The highest BCUT2D eigenvalue weighted by atomic mass is 16.5. The quantitative estimate of drug-likeness (QED) is 0.626. The Morgan fingerprint density at radius 1 is 1.00 bits per heavy atom. The lowest BCUT2D eigenvalue weighted by Crippen LogP contribution is -2.15. The number of anilines is 2. The zero-order valence-electron chi connectivity index (χ0n) is 14.8. The number of pyridine rings is 1. The molecular formula is C22H24N2O2. The minimum absolute atomic E-state index is 0.236. The van der Waals surface area contributed by atoms with Crippen LogP contribution in [0.15, 0.2) is 54.7 Å². The maximum atomic E-state index is 9.75. The van der Waals surface area contributed by atoms with E-state index in [1.807, 2.05) is 36.4 Å². The van der Waals surface area contributed by atoms with Crippen LogP contribution in [0.1, 0.15) is 32.1 Å². The Labute approximate surface area is 153 Å². The molecule has 1 aromatic heterocycles. The molecule has 0 amide bonds. The van der Waals surface area contributed by atoms with Crippen molar-refractivity contribution < 1.29 is 9.84 Å². The maximum absolute atomic E-state index is 9.75. The van der Waals surface area contributed by atoms with E-state index in [-0.39, 0.29) is 5.75 Å². The van der Waals surface area contributed by atoms with Gasteiger partial charge >= 0.3 is 0 Å². The molecule has 1 fully saturated rings. The molecule has 0 aliphatic heterocycles. The van der Waals surface area contributed by atoms with E-state index in [1.54, 1.807) is 18.3 Å². The molecule has 0 unspecified atom stereocenters. The molecule has 1 heterocycles. The molecule has 4 nitrogen and oxygen atoms in total. The summed E-state index contributed by atoms with van der Waals surface area (Å²) in [6, 6.07) is 15.2. The van der Waals surface area contributed by atoms with Gasteiger partial charge in [-0.25, -0.2) is 0 Å². The van der Waals surface area contributed by atoms with E-state index >= 15 is 0 Å². The Hall–Kier alpha value is -2.75. The van der Waals surface area contributed by atoms with Gasteiger partial charge in [-0.3, -0.25) is 4.98 Å². The third kappa shape index (κ3) is 3.90. The van der Waals surface area contributed by atoms with E-state index in [0.29, 0.717) is 5.92 Å². The summed E-state index contributed by atoms with van der Waals surface area (Å²) in [6.45, 7) is 0.820. The number of aromatic hydroxyl groups is 1. The van der Waals surface area contributed by atoms with Crippen molar-refractivity contribution in [2.75, 3.05) is 11.9 Å². The third-order valence-corrected chi connectivity index (χ3v) is 5.07. The average Bonchev–Trinajstić information content (AvgIpc) is 2.69. The molecule has 0 bridgehead atoms. The number of phenolic OH excluding ortho intramolecular Hbond substituents is 1. The van der Waals surface area contributed by atoms with Gasteiger partial charge in [-0.15, -0.1) is 0 Å². The first-order chi connectivity index (χ1) is 12.8. The molecule has 1 saturated carbocycles. The van der Waals surface area contributed by atoms with Gasteiger partial charge in [0, 0.05) is 23.0 Å². The Morgan fingerprint density at radius 3 is 2.62 bits per heavy atom. The predicted molar refractivity (Wildman–Crippen MR) is 105 cm³/mol. The molecule has 0 atom stereocenters. The number of hydrogen-bond acceptors (Lipinski definition) is 4. The van der Waals surface area contributed by atoms with E-state index in [0.717, 1.165) is 34.6 Å². The van der Waals surface area contributed by atoms with Gasteiger partial charge in [0.2, 0.25) is 0 Å². The zero-order chi connectivity index (χ0) is 17.8. The molecule has 2 N–H and O–H groups in total. The van der Waals surface area contributed by atoms with E-state index in [9.17, 15) is 5.11 Å². The average molecular weight is 348 g/mol. The minimum atomic E-state index is 0.236. The van der Waals surface area contributed by atoms with Crippen molar-refractivity contribution in [3.05, 3.63) is 54.7 Å². The zero-order valence-corrected chi connectivity index (χ0v) is 14.8. The summed E-state index contributed by atoms with van der Waals surface area (Å²) in [5, 5.41) is 14.0. The fraction of sp³-hybridized carbons (Fsp3) is 0.318. The smallest absolute Gasteiger partial charge is 0.119 e. The first-order valence-corrected chi connectivity index (χ1v) is 9.35. The molecule has 26 heavy (non-hydrogen) atoms. The topological polar surface area (TPSA) is 54.4 Å². The van der Waals surface area contributed by atoms with Crippen LogP contribution in [0.3, 0.4) is 0 Å². The maximum Gasteiger partial charge on any atom is 0.119 e. The van der Waals surface area contributed by atoms with Crippen LogP contribution >= 0.6 is 0 Å². The molecule has 4 heteroatoms. The molecule has 1 aliphatic rings. The lowest BCUT2D eigenvalue weighted by molar-refractivity contribution is 0.209. The highest BCUT2D eigenvalue weighted by Crippen LogP contribution is 2.29. The minimum Gasteiger partial charge on any atom is -0.508 e. The van der Waals surface area contributed by atoms with Gasteiger partial charge in [0.15, 0.2) is 0 Å². The van der Waals surface area contributed by atoms with Crippen LogP contribution in [-0.4, -0.2) is 16.7 Å². The largest absolute Gasteiger partial charge is 0.508 e. The highest BCUT2D eigenvalue weighted by molar-refractivity contribution is 5.93. The molecule has 4 rings (SSSR count). The number of ether oxygens (including phenoxy) is 1. The number of hydrogen-bond donors (Lipinski definition) is 2. The van der Waals surface area contributed by atoms with Crippen LogP contribution in [0, 0.1) is 5.92 Å². The Balaban J connectivity index is 1.43. The van der Waals surface area contributed by atoms with Crippen LogP contribution < -0.4 is 10.1 Å². The van der Waals surface area contributed by atoms with Crippen LogP contribution in [0.5, 0.6) is 11.5 Å². The monoisotopic (exact) mass is 348 g/mol. The highest BCUT2D eigenvalue weighted by Gasteiger charge is 2.13. The standard InChI is InChI=1S/C22H24N2O2/c25-18-8-11-21-20(14-18)22(12-13-23-21)24-17-6-9-19(10-7-17)26-15-16-4-2-1-3-5-16/h6-14,16,25H,1-5,15H2,(H,23,24). The summed E-state index contributed by atoms with van der Waals surface area (Å²) in [5.41, 5.74) is 2.74. The van der Waals surface area contributed by atoms with Gasteiger partial charge in [0.05, 0.1) is 12.1 Å². The molecule has 134 valence electrons. The molecule has 3 aromatic rings. The summed E-state index contributed by atoms with van der Waals surface area (Å²) in [7, 11) is 0. The van der Waals surface area contributed by atoms with Crippen molar-refractivity contribution in [2.24, 2.45) is 5.92 Å². The van der Waals surface area contributed by atoms with Gasteiger partial charge in [-0.05, 0) is 67.3 Å². The molecule has 0 radical (unpaired) electrons. The van der Waals surface area contributed by atoms with Gasteiger partial charge in [-0.1, -0.05) is 19.3 Å². The van der Waals surface area contributed by atoms with Crippen LogP contribution in [0.25, 0.3) is 10.9 Å². The molecule has 0 spiro atoms. The summed E-state index contributed by atoms with van der Waals surface area (Å²) in [6.07, 6.45) is 8.41. The second-order valence-electron chi connectivity index (χ2n) is 7.02. The van der Waals surface area contributed by atoms with Gasteiger partial charge in [0.25, 0.3) is 0 Å². The summed E-state index contributed by atoms with van der Waals surface area (Å²) in [4.78, 5) is 4.34. The van der Waals surface area contributed by atoms with Crippen LogP contribution in [0.4, 0.5) is 11.4 Å². The van der Waals surface area contributed by atoms with E-state index in [4.69, 9.17) is 4.74 Å². The van der Waals surface area contributed by atoms with E-state index < -0.39 is 0 Å². The van der Waals surface area contributed by atoms with Crippen molar-refractivity contribution in [3.8, 4) is 11.5 Å². The fourth-order valence-corrected chi connectivity index (χ4v) is 3.60. The summed E-state index contributed by atoms with van der Waals surface area (Å²) < 4.78 is 5.97. The van der Waals surface area contributed by atoms with Crippen molar-refractivity contribution in [3.63, 3.8) is 0 Å². The number of nitrogens with zero attached hydrogens (tertiary/aromatic N) is 1. The second kappa shape index (κ2) is 7.65. The number of nitrogens with one attached hydrogen (secondary N) is 1. The molecule has 2 aromatic carbocycles. The van der Waals surface area contributed by atoms with Crippen molar-refractivity contribution in [1.29, 1.82) is 0 Å². The predicted octanol–water partition coefficient (Wildman–Crippen LogP) is 5.64. The lowest BCUT2D eigenvalue weighted by Gasteiger charge is -2.21. The van der Waals surface area contributed by atoms with E-state index in [2.05, 4.69) is 10.3 Å². The van der Waals surface area contributed by atoms with E-state index in [1.165, 1.54) is 32.1 Å². The number of fused-ring (bicyclic) bond motifs is 1. The van der Waals surface area contributed by atoms with Crippen LogP contribution in [-0.2, 0) is 0 Å². The Morgan fingerprint density at radius 2 is 1.81 bits per heavy atom. The van der Waals surface area contributed by atoms with Crippen molar-refractivity contribution >= 4 is 22.3 Å². The van der Waals surface area contributed by atoms with Gasteiger partial charge in [0.1, 0.15) is 11.5 Å². The number of phenols is 1. The third-order valence-electron chi connectivity index (χ3n) is 5.07. The first-order valence-electron chi connectivity index (χ1n) is 9.35. The molecule has 0 saturated heterocycles. The second-order valence-corrected chi connectivity index (χ2v) is 7.02. The van der Waals surface area contributed by atoms with Crippen molar-refractivity contribution in [1.82, 2.24) is 4.98 Å². The number of aromatic nitrogens is 1. The summed E-state index contributed by atoms with van der Waals surface area (Å²) >= 11 is 0. The molecular weight excluding hydrogens is 324 g/mol. The number of benzene rings is 2. The molecule has 1 aliphatic carbocycles. The summed E-state index contributed by atoms with van der Waals surface area (Å²) in [5.74, 6) is 1.86. The lowest BCUT2D eigenvalue weighted by atomic mass is 9.90. The fourth-order valence-electron chi connectivity index (χ4n) is 3.60. The van der Waals surface area contributed by atoms with Crippen LogP contribution in [0.2, 0.25) is 0 Å². The van der Waals surface area contributed by atoms with Crippen molar-refractivity contribution in [2.45, 2.75) is 32.1 Å². The number of rotatable bonds is 5. The Bertz CT molecular complexity index is 871. The Kier molecular flexibility index (Phi) is 4.91. The SMILES string of the molecule is Oc1ccc2nccc(Nc3ccc(OCC4CCCCC4)cc3)c2c1.